The third-order valence-corrected chi connectivity index (χ3v) is 3.14. The fourth-order valence-electron chi connectivity index (χ4n) is 1.31. The quantitative estimate of drug-likeness (QED) is 0.586. The van der Waals surface area contributed by atoms with Gasteiger partial charge in [-0.05, 0) is 24.3 Å². The number of guanidine groups is 1. The van der Waals surface area contributed by atoms with Gasteiger partial charge in [0, 0.05) is 10.6 Å². The lowest BCUT2D eigenvalue weighted by Crippen LogP contribution is -2.23. The van der Waals surface area contributed by atoms with E-state index >= 15 is 0 Å². The molecule has 0 atom stereocenters. The van der Waals surface area contributed by atoms with Crippen LogP contribution in [0.25, 0.3) is 11.4 Å². The molecule has 9 heteroatoms. The second-order valence-corrected chi connectivity index (χ2v) is 5.05. The topological polar surface area (TPSA) is 127 Å². The van der Waals surface area contributed by atoms with Crippen molar-refractivity contribution in [3.05, 3.63) is 35.2 Å². The van der Waals surface area contributed by atoms with Gasteiger partial charge in [0.2, 0.25) is 11.7 Å². The summed E-state index contributed by atoms with van der Waals surface area (Å²) in [4.78, 5) is 7.79. The Bertz CT molecular complexity index is 635. The van der Waals surface area contributed by atoms with Crippen LogP contribution >= 0.6 is 23.4 Å². The van der Waals surface area contributed by atoms with E-state index in [1.165, 1.54) is 0 Å². The lowest BCUT2D eigenvalue weighted by atomic mass is 10.2. The number of nitrogens with two attached hydrogens (primary N) is 2. The number of benzene rings is 1. The summed E-state index contributed by atoms with van der Waals surface area (Å²) in [6, 6.07) is 7.09. The van der Waals surface area contributed by atoms with Gasteiger partial charge >= 0.3 is 0 Å². The van der Waals surface area contributed by atoms with Gasteiger partial charge in [-0.15, -0.1) is 0 Å². The van der Waals surface area contributed by atoms with Gasteiger partial charge < -0.3 is 16.0 Å². The van der Waals surface area contributed by atoms with Crippen molar-refractivity contribution in [3.63, 3.8) is 0 Å². The molecule has 7 nitrogen and oxygen atoms in total. The highest BCUT2D eigenvalue weighted by atomic mass is 35.5. The first-order valence-corrected chi connectivity index (χ1v) is 6.80. The van der Waals surface area contributed by atoms with E-state index in [9.17, 15) is 0 Å². The molecule has 1 aromatic carbocycles. The maximum atomic E-state index is 7.47. The first-order chi connectivity index (χ1) is 9.54. The van der Waals surface area contributed by atoms with Gasteiger partial charge in [0.25, 0.3) is 0 Å². The molecule has 0 amide bonds. The number of nitrogens with zero attached hydrogens (tertiary/aromatic N) is 3. The van der Waals surface area contributed by atoms with Crippen LogP contribution in [0.4, 0.5) is 0 Å². The summed E-state index contributed by atoms with van der Waals surface area (Å²) < 4.78 is 5.08. The molecule has 1 heterocycles. The molecular weight excluding hydrogens is 300 g/mol. The minimum Gasteiger partial charge on any atom is -0.370 e. The molecule has 2 aromatic rings. The molecule has 0 aliphatic rings. The highest BCUT2D eigenvalue weighted by Gasteiger charge is 2.09. The number of hydrogen-bond donors (Lipinski definition) is 3. The van der Waals surface area contributed by atoms with Gasteiger partial charge in [-0.2, -0.15) is 9.98 Å². The first kappa shape index (κ1) is 14.4. The van der Waals surface area contributed by atoms with Crippen LogP contribution in [0, 0.1) is 5.41 Å². The van der Waals surface area contributed by atoms with Gasteiger partial charge in [-0.1, -0.05) is 28.5 Å². The minimum atomic E-state index is -0.158. The summed E-state index contributed by atoms with van der Waals surface area (Å²) in [5, 5.41) is 12.0. The largest absolute Gasteiger partial charge is 0.370 e. The van der Waals surface area contributed by atoms with Gasteiger partial charge in [0.15, 0.2) is 11.1 Å². The number of thioether (sulfide) groups is 1. The summed E-state index contributed by atoms with van der Waals surface area (Å²) in [5.41, 5.74) is 11.1. The Balaban J connectivity index is 2.01. The number of amidine groups is 1. The van der Waals surface area contributed by atoms with Crippen molar-refractivity contribution < 1.29 is 4.52 Å². The molecule has 0 fully saturated rings. The molecule has 0 bridgehead atoms. The van der Waals surface area contributed by atoms with E-state index in [1.807, 2.05) is 0 Å². The van der Waals surface area contributed by atoms with Crippen LogP contribution in [-0.2, 0) is 5.75 Å². The molecule has 0 saturated heterocycles. The van der Waals surface area contributed by atoms with Crippen molar-refractivity contribution in [1.82, 2.24) is 10.1 Å². The predicted octanol–water partition coefficient (Wildman–Crippen LogP) is 1.83. The van der Waals surface area contributed by atoms with E-state index in [4.69, 9.17) is 33.0 Å². The number of rotatable bonds is 3. The molecule has 2 rings (SSSR count). The Morgan fingerprint density at radius 3 is 2.70 bits per heavy atom. The van der Waals surface area contributed by atoms with Crippen LogP contribution in [0.2, 0.25) is 5.02 Å². The van der Waals surface area contributed by atoms with E-state index in [0.717, 1.165) is 17.3 Å². The molecular formula is C11H11ClN6OS. The summed E-state index contributed by atoms with van der Waals surface area (Å²) in [6.45, 7) is 0. The fraction of sp³-hybridized carbons (Fsp3) is 0.0909. The lowest BCUT2D eigenvalue weighted by Gasteiger charge is -1.95. The molecule has 0 radical (unpaired) electrons. The zero-order valence-electron chi connectivity index (χ0n) is 10.2. The Labute approximate surface area is 123 Å². The van der Waals surface area contributed by atoms with Crippen molar-refractivity contribution >= 4 is 34.5 Å². The number of halogens is 1. The molecule has 0 spiro atoms. The lowest BCUT2D eigenvalue weighted by molar-refractivity contribution is 0.392. The van der Waals surface area contributed by atoms with Crippen molar-refractivity contribution in [2.75, 3.05) is 0 Å². The normalized spacial score (nSPS) is 10.2. The molecule has 20 heavy (non-hydrogen) atoms. The zero-order valence-corrected chi connectivity index (χ0v) is 11.8. The molecule has 0 aliphatic heterocycles. The van der Waals surface area contributed by atoms with Gasteiger partial charge in [-0.3, -0.25) is 5.41 Å². The SMILES string of the molecule is N=C(N=C(N)N)SCc1nc(-c2ccc(Cl)cc2)no1. The molecule has 0 aliphatic carbocycles. The molecule has 1 aromatic heterocycles. The van der Waals surface area contributed by atoms with E-state index in [0.29, 0.717) is 22.5 Å². The van der Waals surface area contributed by atoms with Crippen LogP contribution in [0.3, 0.4) is 0 Å². The average Bonchev–Trinajstić information content (AvgIpc) is 2.85. The summed E-state index contributed by atoms with van der Waals surface area (Å²) >= 11 is 6.89. The molecule has 5 N–H and O–H groups in total. The van der Waals surface area contributed by atoms with Crippen LogP contribution in [-0.4, -0.2) is 21.3 Å². The molecule has 0 unspecified atom stereocenters. The van der Waals surface area contributed by atoms with E-state index in [2.05, 4.69) is 15.1 Å². The molecule has 104 valence electrons. The standard InChI is InChI=1S/C11H11ClN6OS/c12-7-3-1-6(2-4-7)9-16-8(19-18-9)5-20-11(15)17-10(13)14/h1-4H,5H2,(H5,13,14,15,17). The van der Waals surface area contributed by atoms with E-state index in [1.54, 1.807) is 24.3 Å². The van der Waals surface area contributed by atoms with E-state index < -0.39 is 0 Å². The number of nitrogens with one attached hydrogen (secondary N) is 1. The first-order valence-electron chi connectivity index (χ1n) is 5.44. The average molecular weight is 311 g/mol. The highest BCUT2D eigenvalue weighted by Crippen LogP contribution is 2.20. The van der Waals surface area contributed by atoms with Gasteiger partial charge in [0.05, 0.1) is 5.75 Å². The van der Waals surface area contributed by atoms with Crippen LogP contribution in [0.15, 0.2) is 33.8 Å². The van der Waals surface area contributed by atoms with Crippen LogP contribution in [0.5, 0.6) is 0 Å². The minimum absolute atomic E-state index is 0.0174. The zero-order chi connectivity index (χ0) is 14.5. The number of aliphatic imine (C=N–C) groups is 1. The third-order valence-electron chi connectivity index (χ3n) is 2.13. The number of hydrogen-bond acceptors (Lipinski definition) is 5. The Kier molecular flexibility index (Phi) is 4.59. The Hall–Kier alpha value is -2.06. The highest BCUT2D eigenvalue weighted by molar-refractivity contribution is 8.13. The maximum Gasteiger partial charge on any atom is 0.237 e. The van der Waals surface area contributed by atoms with Gasteiger partial charge in [-0.25, -0.2) is 0 Å². The van der Waals surface area contributed by atoms with Crippen molar-refractivity contribution in [2.45, 2.75) is 5.75 Å². The smallest absolute Gasteiger partial charge is 0.237 e. The maximum absolute atomic E-state index is 7.47. The van der Waals surface area contributed by atoms with Crippen molar-refractivity contribution in [2.24, 2.45) is 16.5 Å². The van der Waals surface area contributed by atoms with Crippen LogP contribution < -0.4 is 11.5 Å². The summed E-state index contributed by atoms with van der Waals surface area (Å²) in [6.07, 6.45) is 0. The fourth-order valence-corrected chi connectivity index (χ4v) is 1.98. The van der Waals surface area contributed by atoms with Crippen molar-refractivity contribution in [1.29, 1.82) is 5.41 Å². The number of aromatic nitrogens is 2. The van der Waals surface area contributed by atoms with Gasteiger partial charge in [0.1, 0.15) is 0 Å². The second-order valence-electron chi connectivity index (χ2n) is 3.65. The monoisotopic (exact) mass is 310 g/mol. The van der Waals surface area contributed by atoms with Crippen molar-refractivity contribution in [3.8, 4) is 11.4 Å². The predicted molar refractivity (Wildman–Crippen MR) is 79.6 cm³/mol. The Morgan fingerprint density at radius 2 is 2.05 bits per heavy atom. The second kappa shape index (κ2) is 6.40. The summed E-state index contributed by atoms with van der Waals surface area (Å²) in [5.74, 6) is 1.01. The Morgan fingerprint density at radius 1 is 1.35 bits per heavy atom. The molecule has 0 saturated carbocycles. The summed E-state index contributed by atoms with van der Waals surface area (Å²) in [7, 11) is 0. The van der Waals surface area contributed by atoms with Crippen LogP contribution in [0.1, 0.15) is 5.89 Å². The third kappa shape index (κ3) is 3.97. The van der Waals surface area contributed by atoms with E-state index in [-0.39, 0.29) is 11.1 Å².